The van der Waals surface area contributed by atoms with Crippen molar-refractivity contribution >= 4 is 15.9 Å². The first-order chi connectivity index (χ1) is 8.63. The highest BCUT2D eigenvalue weighted by atomic mass is 79.9. The number of ether oxygens (including phenoxy) is 1. The number of alkyl halides is 1. The molecule has 1 unspecified atom stereocenters. The van der Waals surface area contributed by atoms with Crippen LogP contribution in [0.4, 0.5) is 4.39 Å². The quantitative estimate of drug-likeness (QED) is 0.496. The average Bonchev–Trinajstić information content (AvgIpc) is 2.35. The summed E-state index contributed by atoms with van der Waals surface area (Å²) in [6.45, 7) is 5.99. The second-order valence-corrected chi connectivity index (χ2v) is 5.63. The van der Waals surface area contributed by atoms with Crippen molar-refractivity contribution in [1.82, 2.24) is 0 Å². The van der Waals surface area contributed by atoms with Crippen LogP contribution in [-0.2, 0) is 4.74 Å². The molecule has 0 aromatic heterocycles. The Hall–Kier alpha value is -0.410. The van der Waals surface area contributed by atoms with E-state index in [1.807, 2.05) is 12.1 Å². The Labute approximate surface area is 118 Å². The molecule has 1 aromatic rings. The first-order valence-electron chi connectivity index (χ1n) is 6.52. The van der Waals surface area contributed by atoms with Crippen molar-refractivity contribution in [2.24, 2.45) is 5.92 Å². The SMILES string of the molecule is CC(C)CCOCCC(CBr)c1ccc(F)cc1. The molecule has 0 saturated heterocycles. The third kappa shape index (κ3) is 5.96. The van der Waals surface area contributed by atoms with E-state index in [9.17, 15) is 4.39 Å². The predicted molar refractivity (Wildman–Crippen MR) is 77.8 cm³/mol. The van der Waals surface area contributed by atoms with E-state index in [-0.39, 0.29) is 5.82 Å². The Morgan fingerprint density at radius 3 is 2.28 bits per heavy atom. The van der Waals surface area contributed by atoms with Crippen molar-refractivity contribution < 1.29 is 9.13 Å². The molecular weight excluding hydrogens is 295 g/mol. The molecule has 0 aliphatic rings. The van der Waals surface area contributed by atoms with Crippen LogP contribution in [0, 0.1) is 11.7 Å². The van der Waals surface area contributed by atoms with Crippen LogP contribution in [0.3, 0.4) is 0 Å². The largest absolute Gasteiger partial charge is 0.381 e. The zero-order valence-electron chi connectivity index (χ0n) is 11.2. The lowest BCUT2D eigenvalue weighted by Crippen LogP contribution is -2.07. The summed E-state index contributed by atoms with van der Waals surface area (Å²) < 4.78 is 18.5. The van der Waals surface area contributed by atoms with Gasteiger partial charge in [0, 0.05) is 18.5 Å². The molecule has 0 aliphatic heterocycles. The molecule has 0 fully saturated rings. The van der Waals surface area contributed by atoms with Gasteiger partial charge in [-0.05, 0) is 42.4 Å². The molecule has 0 saturated carbocycles. The van der Waals surface area contributed by atoms with Gasteiger partial charge in [0.2, 0.25) is 0 Å². The Balaban J connectivity index is 2.31. The standard InChI is InChI=1S/C15H22BrFO/c1-12(2)7-9-18-10-8-14(11-16)13-3-5-15(17)6-4-13/h3-6,12,14H,7-11H2,1-2H3. The fourth-order valence-corrected chi connectivity index (χ4v) is 2.41. The summed E-state index contributed by atoms with van der Waals surface area (Å²) in [6, 6.07) is 6.75. The smallest absolute Gasteiger partial charge is 0.123 e. The summed E-state index contributed by atoms with van der Waals surface area (Å²) in [7, 11) is 0. The molecule has 102 valence electrons. The summed E-state index contributed by atoms with van der Waals surface area (Å²) in [5, 5.41) is 0.881. The number of rotatable bonds is 8. The second kappa shape index (κ2) is 8.65. The maximum atomic E-state index is 12.8. The molecule has 1 atom stereocenters. The Morgan fingerprint density at radius 1 is 1.11 bits per heavy atom. The zero-order valence-corrected chi connectivity index (χ0v) is 12.7. The summed E-state index contributed by atoms with van der Waals surface area (Å²) in [4.78, 5) is 0. The highest BCUT2D eigenvalue weighted by molar-refractivity contribution is 9.09. The van der Waals surface area contributed by atoms with Crippen molar-refractivity contribution in [1.29, 1.82) is 0 Å². The molecule has 0 amide bonds. The van der Waals surface area contributed by atoms with Crippen molar-refractivity contribution in [3.05, 3.63) is 35.6 Å². The summed E-state index contributed by atoms with van der Waals surface area (Å²) in [6.07, 6.45) is 2.07. The van der Waals surface area contributed by atoms with Crippen LogP contribution in [0.25, 0.3) is 0 Å². The van der Waals surface area contributed by atoms with Gasteiger partial charge in [0.05, 0.1) is 0 Å². The van der Waals surface area contributed by atoms with Gasteiger partial charge >= 0.3 is 0 Å². The molecule has 0 spiro atoms. The van der Waals surface area contributed by atoms with Crippen LogP contribution in [0.1, 0.15) is 38.2 Å². The fourth-order valence-electron chi connectivity index (χ4n) is 1.71. The summed E-state index contributed by atoms with van der Waals surface area (Å²) in [5.74, 6) is 0.902. The van der Waals surface area contributed by atoms with Crippen LogP contribution in [0.15, 0.2) is 24.3 Å². The maximum absolute atomic E-state index is 12.8. The first kappa shape index (κ1) is 15.6. The minimum Gasteiger partial charge on any atom is -0.381 e. The molecule has 18 heavy (non-hydrogen) atoms. The maximum Gasteiger partial charge on any atom is 0.123 e. The van der Waals surface area contributed by atoms with E-state index in [1.54, 1.807) is 0 Å². The second-order valence-electron chi connectivity index (χ2n) is 4.99. The number of hydrogen-bond donors (Lipinski definition) is 0. The molecule has 1 nitrogen and oxygen atoms in total. The highest BCUT2D eigenvalue weighted by Crippen LogP contribution is 2.22. The molecule has 0 radical (unpaired) electrons. The third-order valence-corrected chi connectivity index (χ3v) is 3.76. The molecule has 0 N–H and O–H groups in total. The Bertz CT molecular complexity index is 324. The molecular formula is C15H22BrFO. The lowest BCUT2D eigenvalue weighted by atomic mass is 9.98. The molecule has 3 heteroatoms. The fraction of sp³-hybridized carbons (Fsp3) is 0.600. The summed E-state index contributed by atoms with van der Waals surface area (Å²) >= 11 is 3.51. The van der Waals surface area contributed by atoms with E-state index in [1.165, 1.54) is 17.7 Å². The molecule has 0 aliphatic carbocycles. The van der Waals surface area contributed by atoms with Gasteiger partial charge in [-0.2, -0.15) is 0 Å². The van der Waals surface area contributed by atoms with E-state index in [0.29, 0.717) is 11.8 Å². The monoisotopic (exact) mass is 316 g/mol. The minimum absolute atomic E-state index is 0.180. The van der Waals surface area contributed by atoms with E-state index < -0.39 is 0 Å². The minimum atomic E-state index is -0.180. The predicted octanol–water partition coefficient (Wildman–Crippen LogP) is 4.76. The van der Waals surface area contributed by atoms with Gasteiger partial charge in [-0.3, -0.25) is 0 Å². The summed E-state index contributed by atoms with van der Waals surface area (Å²) in [5.41, 5.74) is 1.17. The topological polar surface area (TPSA) is 9.23 Å². The van der Waals surface area contributed by atoms with Gasteiger partial charge < -0.3 is 4.74 Å². The van der Waals surface area contributed by atoms with E-state index in [2.05, 4.69) is 29.8 Å². The van der Waals surface area contributed by atoms with E-state index in [4.69, 9.17) is 4.74 Å². The third-order valence-electron chi connectivity index (χ3n) is 2.98. The lowest BCUT2D eigenvalue weighted by molar-refractivity contribution is 0.118. The van der Waals surface area contributed by atoms with Crippen molar-refractivity contribution in [3.8, 4) is 0 Å². The highest BCUT2D eigenvalue weighted by Gasteiger charge is 2.10. The van der Waals surface area contributed by atoms with Gasteiger partial charge in [0.25, 0.3) is 0 Å². The zero-order chi connectivity index (χ0) is 13.4. The number of hydrogen-bond acceptors (Lipinski definition) is 1. The van der Waals surface area contributed by atoms with Crippen LogP contribution in [-0.4, -0.2) is 18.5 Å². The van der Waals surface area contributed by atoms with Crippen LogP contribution in [0.2, 0.25) is 0 Å². The van der Waals surface area contributed by atoms with E-state index in [0.717, 1.165) is 31.4 Å². The number of halogens is 2. The molecule has 0 bridgehead atoms. The van der Waals surface area contributed by atoms with Crippen molar-refractivity contribution in [3.63, 3.8) is 0 Å². The van der Waals surface area contributed by atoms with Gasteiger partial charge in [-0.25, -0.2) is 4.39 Å². The van der Waals surface area contributed by atoms with Crippen molar-refractivity contribution in [2.45, 2.75) is 32.6 Å². The van der Waals surface area contributed by atoms with Crippen LogP contribution >= 0.6 is 15.9 Å². The Kier molecular flexibility index (Phi) is 7.52. The van der Waals surface area contributed by atoms with Crippen LogP contribution in [0.5, 0.6) is 0 Å². The van der Waals surface area contributed by atoms with E-state index >= 15 is 0 Å². The van der Waals surface area contributed by atoms with Gasteiger partial charge in [0.15, 0.2) is 0 Å². The lowest BCUT2D eigenvalue weighted by Gasteiger charge is -2.15. The molecule has 1 aromatic carbocycles. The molecule has 0 heterocycles. The first-order valence-corrected chi connectivity index (χ1v) is 7.64. The van der Waals surface area contributed by atoms with Crippen LogP contribution < -0.4 is 0 Å². The molecule has 1 rings (SSSR count). The van der Waals surface area contributed by atoms with Crippen molar-refractivity contribution in [2.75, 3.05) is 18.5 Å². The normalized spacial score (nSPS) is 12.9. The average molecular weight is 317 g/mol. The van der Waals surface area contributed by atoms with Gasteiger partial charge in [-0.1, -0.05) is 41.9 Å². The number of benzene rings is 1. The van der Waals surface area contributed by atoms with Gasteiger partial charge in [-0.15, -0.1) is 0 Å². The Morgan fingerprint density at radius 2 is 1.72 bits per heavy atom. The van der Waals surface area contributed by atoms with Gasteiger partial charge in [0.1, 0.15) is 5.82 Å².